The Balaban J connectivity index is 1.50. The number of nitrogens with zero attached hydrogens (tertiary/aromatic N) is 1. The molecule has 1 aliphatic rings. The van der Waals surface area contributed by atoms with Crippen LogP contribution in [0.3, 0.4) is 0 Å². The minimum absolute atomic E-state index is 0.173. The molecule has 7 nitrogen and oxygen atoms in total. The third-order valence-electron chi connectivity index (χ3n) is 4.62. The average Bonchev–Trinajstić information content (AvgIpc) is 3.09. The van der Waals surface area contributed by atoms with E-state index < -0.39 is 11.5 Å². The van der Waals surface area contributed by atoms with Gasteiger partial charge in [-0.25, -0.2) is 9.78 Å². The smallest absolute Gasteiger partial charge is 0.329 e. The molecule has 1 amide bonds. The van der Waals surface area contributed by atoms with Gasteiger partial charge in [0.2, 0.25) is 5.91 Å². The number of carboxylic acid groups (broad SMARTS) is 1. The van der Waals surface area contributed by atoms with Crippen molar-refractivity contribution >= 4 is 34.5 Å². The van der Waals surface area contributed by atoms with E-state index >= 15 is 0 Å². The van der Waals surface area contributed by atoms with E-state index in [-0.39, 0.29) is 17.9 Å². The maximum absolute atomic E-state index is 12.1. The molecule has 0 atom stereocenters. The van der Waals surface area contributed by atoms with Crippen molar-refractivity contribution in [2.45, 2.75) is 43.4 Å². The summed E-state index contributed by atoms with van der Waals surface area (Å²) >= 11 is 1.48. The molecule has 8 heteroatoms. The number of aliphatic carboxylic acids is 1. The Hall–Kier alpha value is -2.35. The topological polar surface area (TPSA) is 112 Å². The first-order valence-electron chi connectivity index (χ1n) is 8.60. The largest absolute Gasteiger partial charge is 0.480 e. The zero-order valence-corrected chi connectivity index (χ0v) is 15.1. The summed E-state index contributed by atoms with van der Waals surface area (Å²) in [6.07, 6.45) is 2.86. The van der Waals surface area contributed by atoms with Crippen molar-refractivity contribution in [2.24, 2.45) is 0 Å². The van der Waals surface area contributed by atoms with Crippen LogP contribution in [-0.4, -0.2) is 38.2 Å². The maximum atomic E-state index is 12.1. The van der Waals surface area contributed by atoms with E-state index in [9.17, 15) is 19.5 Å². The van der Waals surface area contributed by atoms with Gasteiger partial charge < -0.3 is 15.4 Å². The highest BCUT2D eigenvalue weighted by Gasteiger charge is 2.42. The Kier molecular flexibility index (Phi) is 5.61. The van der Waals surface area contributed by atoms with Crippen molar-refractivity contribution in [1.82, 2.24) is 15.3 Å². The highest BCUT2D eigenvalue weighted by molar-refractivity contribution is 7.98. The number of hydrogen-bond donors (Lipinski definition) is 3. The third kappa shape index (κ3) is 4.07. The molecule has 1 aromatic heterocycles. The minimum Gasteiger partial charge on any atom is -0.480 e. The standard InChI is InChI=1S/C18H21N3O4S/c22-15(21-18(17(24)25)8-3-4-9-18)7-10-26-11-14-19-13-6-2-1-5-12(13)16(23)20-14/h1-2,5-6H,3-4,7-11H2,(H,21,22)(H,24,25)(H,19,20,23). The highest BCUT2D eigenvalue weighted by Crippen LogP contribution is 2.30. The molecule has 0 spiro atoms. The lowest BCUT2D eigenvalue weighted by molar-refractivity contribution is -0.147. The second-order valence-electron chi connectivity index (χ2n) is 6.47. The van der Waals surface area contributed by atoms with Crippen LogP contribution in [0.4, 0.5) is 0 Å². The molecule has 0 saturated heterocycles. The monoisotopic (exact) mass is 375 g/mol. The first-order chi connectivity index (χ1) is 12.5. The molecule has 1 saturated carbocycles. The van der Waals surface area contributed by atoms with Gasteiger partial charge in [0.05, 0.1) is 16.7 Å². The van der Waals surface area contributed by atoms with Crippen molar-refractivity contribution in [1.29, 1.82) is 0 Å². The predicted molar refractivity (Wildman–Crippen MR) is 100 cm³/mol. The van der Waals surface area contributed by atoms with Crippen LogP contribution < -0.4 is 10.9 Å². The molecule has 1 aromatic carbocycles. The molecule has 0 unspecified atom stereocenters. The SMILES string of the molecule is O=C(CCSCc1nc2ccccc2c(=O)[nH]1)NC1(C(=O)O)CCCC1. The van der Waals surface area contributed by atoms with Crippen molar-refractivity contribution in [3.05, 3.63) is 40.4 Å². The molecule has 3 rings (SSSR count). The number of aromatic nitrogens is 2. The number of carbonyl (C=O) groups excluding carboxylic acids is 1. The molecule has 3 N–H and O–H groups in total. The number of fused-ring (bicyclic) bond motifs is 1. The normalized spacial score (nSPS) is 15.8. The molecule has 26 heavy (non-hydrogen) atoms. The van der Waals surface area contributed by atoms with Crippen LogP contribution in [0.25, 0.3) is 10.9 Å². The number of para-hydroxylation sites is 1. The number of thioether (sulfide) groups is 1. The number of H-pyrrole nitrogens is 1. The van der Waals surface area contributed by atoms with E-state index in [4.69, 9.17) is 0 Å². The van der Waals surface area contributed by atoms with Crippen LogP contribution in [0.5, 0.6) is 0 Å². The Bertz CT molecular complexity index is 874. The van der Waals surface area contributed by atoms with Crippen molar-refractivity contribution in [3.8, 4) is 0 Å². The van der Waals surface area contributed by atoms with E-state index in [2.05, 4.69) is 15.3 Å². The number of hydrogen-bond acceptors (Lipinski definition) is 5. The molecule has 1 fully saturated rings. The Morgan fingerprint density at radius 3 is 2.73 bits per heavy atom. The fourth-order valence-electron chi connectivity index (χ4n) is 3.24. The number of rotatable bonds is 7. The van der Waals surface area contributed by atoms with Gasteiger partial charge in [0, 0.05) is 12.2 Å². The molecule has 1 aliphatic carbocycles. The summed E-state index contributed by atoms with van der Waals surface area (Å²) in [6, 6.07) is 7.14. The summed E-state index contributed by atoms with van der Waals surface area (Å²) in [5.41, 5.74) is -0.616. The number of benzene rings is 1. The fraction of sp³-hybridized carbons (Fsp3) is 0.444. The van der Waals surface area contributed by atoms with Gasteiger partial charge in [-0.05, 0) is 25.0 Å². The molecule has 0 bridgehead atoms. The second-order valence-corrected chi connectivity index (χ2v) is 7.58. The summed E-state index contributed by atoms with van der Waals surface area (Å²) in [7, 11) is 0. The van der Waals surface area contributed by atoms with Gasteiger partial charge in [0.25, 0.3) is 5.56 Å². The summed E-state index contributed by atoms with van der Waals surface area (Å²) in [5, 5.41) is 12.6. The molecular weight excluding hydrogens is 354 g/mol. The van der Waals surface area contributed by atoms with E-state index in [1.807, 2.05) is 6.07 Å². The second kappa shape index (κ2) is 7.90. The Labute approximate surface area is 154 Å². The molecule has 0 aliphatic heterocycles. The number of nitrogens with one attached hydrogen (secondary N) is 2. The van der Waals surface area contributed by atoms with Crippen LogP contribution in [0.15, 0.2) is 29.1 Å². The van der Waals surface area contributed by atoms with Gasteiger partial charge >= 0.3 is 5.97 Å². The van der Waals surface area contributed by atoms with Crippen molar-refractivity contribution in [3.63, 3.8) is 0 Å². The minimum atomic E-state index is -1.09. The van der Waals surface area contributed by atoms with Gasteiger partial charge in [-0.1, -0.05) is 25.0 Å². The van der Waals surface area contributed by atoms with E-state index in [0.717, 1.165) is 12.8 Å². The van der Waals surface area contributed by atoms with Crippen LogP contribution >= 0.6 is 11.8 Å². The van der Waals surface area contributed by atoms with E-state index in [0.29, 0.717) is 41.1 Å². The van der Waals surface area contributed by atoms with Crippen molar-refractivity contribution in [2.75, 3.05) is 5.75 Å². The predicted octanol–water partition coefficient (Wildman–Crippen LogP) is 2.06. The molecule has 1 heterocycles. The van der Waals surface area contributed by atoms with E-state index in [1.54, 1.807) is 18.2 Å². The summed E-state index contributed by atoms with van der Waals surface area (Å²) in [5.74, 6) is 0.378. The van der Waals surface area contributed by atoms with Gasteiger partial charge in [-0.2, -0.15) is 11.8 Å². The average molecular weight is 375 g/mol. The summed E-state index contributed by atoms with van der Waals surface area (Å²) < 4.78 is 0. The first kappa shape index (κ1) is 18.4. The number of carboxylic acids is 1. The third-order valence-corrected chi connectivity index (χ3v) is 5.59. The zero-order valence-electron chi connectivity index (χ0n) is 14.3. The summed E-state index contributed by atoms with van der Waals surface area (Å²) in [6.45, 7) is 0. The van der Waals surface area contributed by atoms with Gasteiger partial charge in [-0.3, -0.25) is 9.59 Å². The lowest BCUT2D eigenvalue weighted by Crippen LogP contribution is -2.52. The zero-order chi connectivity index (χ0) is 18.6. The maximum Gasteiger partial charge on any atom is 0.329 e. The van der Waals surface area contributed by atoms with Crippen LogP contribution in [0, 0.1) is 0 Å². The quantitative estimate of drug-likeness (QED) is 0.639. The number of amides is 1. The molecular formula is C18H21N3O4S. The van der Waals surface area contributed by atoms with Crippen LogP contribution in [-0.2, 0) is 15.3 Å². The summed E-state index contributed by atoms with van der Waals surface area (Å²) in [4.78, 5) is 42.7. The lowest BCUT2D eigenvalue weighted by atomic mass is 9.98. The van der Waals surface area contributed by atoms with Crippen molar-refractivity contribution < 1.29 is 14.7 Å². The molecule has 2 aromatic rings. The van der Waals surface area contributed by atoms with E-state index in [1.165, 1.54) is 11.8 Å². The van der Waals surface area contributed by atoms with Gasteiger partial charge in [0.1, 0.15) is 11.4 Å². The van der Waals surface area contributed by atoms with Crippen LogP contribution in [0.1, 0.15) is 37.9 Å². The molecule has 138 valence electrons. The van der Waals surface area contributed by atoms with Crippen LogP contribution in [0.2, 0.25) is 0 Å². The molecule has 0 radical (unpaired) electrons. The Morgan fingerprint density at radius 2 is 2.00 bits per heavy atom. The highest BCUT2D eigenvalue weighted by atomic mass is 32.2. The first-order valence-corrected chi connectivity index (χ1v) is 9.76. The fourth-order valence-corrected chi connectivity index (χ4v) is 4.04. The Morgan fingerprint density at radius 1 is 1.27 bits per heavy atom. The lowest BCUT2D eigenvalue weighted by Gasteiger charge is -2.25. The number of aromatic amines is 1. The number of carbonyl (C=O) groups is 2. The van der Waals surface area contributed by atoms with Gasteiger partial charge in [-0.15, -0.1) is 0 Å². The van der Waals surface area contributed by atoms with Gasteiger partial charge in [0.15, 0.2) is 0 Å².